The number of rotatable bonds is 3. The number of aliphatic imine (C=N–C) groups is 1. The van der Waals surface area contributed by atoms with E-state index in [-0.39, 0.29) is 30.1 Å². The highest BCUT2D eigenvalue weighted by atomic mass is 127. The number of furan rings is 1. The molecule has 124 valence electrons. The van der Waals surface area contributed by atoms with Crippen molar-refractivity contribution in [2.24, 2.45) is 4.99 Å². The van der Waals surface area contributed by atoms with E-state index < -0.39 is 0 Å². The molecule has 0 bridgehead atoms. The van der Waals surface area contributed by atoms with Gasteiger partial charge in [-0.3, -0.25) is 4.99 Å². The van der Waals surface area contributed by atoms with Gasteiger partial charge in [-0.1, -0.05) is 0 Å². The monoisotopic (exact) mass is 422 g/mol. The fraction of sp³-hybridized carbons (Fsp3) is 0.571. The second-order valence-electron chi connectivity index (χ2n) is 4.65. The molecule has 1 fully saturated rings. The molecule has 0 radical (unpaired) electrons. The maximum atomic E-state index is 11.7. The molecular weight excluding hydrogens is 399 g/mol. The maximum Gasteiger partial charge on any atom is 0.409 e. The number of nitrogens with one attached hydrogen (secondary N) is 1. The lowest BCUT2D eigenvalue weighted by Gasteiger charge is -2.35. The maximum absolute atomic E-state index is 11.7. The quantitative estimate of drug-likeness (QED) is 0.457. The number of nitrogens with zero attached hydrogens (tertiary/aromatic N) is 3. The predicted molar refractivity (Wildman–Crippen MR) is 94.5 cm³/mol. The minimum absolute atomic E-state index is 0. The van der Waals surface area contributed by atoms with Crippen LogP contribution in [0.25, 0.3) is 0 Å². The second-order valence-corrected chi connectivity index (χ2v) is 4.65. The number of hydrogen-bond acceptors (Lipinski definition) is 4. The molecule has 0 saturated carbocycles. The topological polar surface area (TPSA) is 70.3 Å². The lowest BCUT2D eigenvalue weighted by atomic mass is 10.3. The number of carbonyl (C=O) groups is 1. The molecule has 8 heteroatoms. The van der Waals surface area contributed by atoms with Gasteiger partial charge in [0.1, 0.15) is 5.76 Å². The van der Waals surface area contributed by atoms with Crippen molar-refractivity contribution in [1.29, 1.82) is 0 Å². The van der Waals surface area contributed by atoms with Crippen LogP contribution in [0.3, 0.4) is 0 Å². The number of halogens is 1. The van der Waals surface area contributed by atoms with Gasteiger partial charge in [-0.05, 0) is 19.1 Å². The summed E-state index contributed by atoms with van der Waals surface area (Å²) in [6.07, 6.45) is 1.41. The number of hydrogen-bond donors (Lipinski definition) is 1. The second kappa shape index (κ2) is 9.54. The van der Waals surface area contributed by atoms with E-state index in [2.05, 4.69) is 15.2 Å². The summed E-state index contributed by atoms with van der Waals surface area (Å²) in [6, 6.07) is 3.77. The molecule has 0 atom stereocenters. The van der Waals surface area contributed by atoms with Gasteiger partial charge in [-0.15, -0.1) is 24.0 Å². The summed E-state index contributed by atoms with van der Waals surface area (Å²) in [5.41, 5.74) is 0. The highest BCUT2D eigenvalue weighted by Gasteiger charge is 2.23. The standard InChI is InChI=1S/C14H22N4O3.HI/c1-3-20-14(19)18-8-6-17(7-9-18)13(15-2)16-11-12-5-4-10-21-12;/h4-5,10H,3,6-9,11H2,1-2H3,(H,15,16);1H. The Hall–Kier alpha value is -1.45. The molecule has 22 heavy (non-hydrogen) atoms. The molecule has 2 rings (SSSR count). The first-order valence-corrected chi connectivity index (χ1v) is 7.14. The zero-order valence-corrected chi connectivity index (χ0v) is 15.3. The largest absolute Gasteiger partial charge is 0.467 e. The van der Waals surface area contributed by atoms with Crippen LogP contribution in [0, 0.1) is 0 Å². The molecule has 7 nitrogen and oxygen atoms in total. The zero-order chi connectivity index (χ0) is 15.1. The first-order chi connectivity index (χ1) is 10.2. The number of ether oxygens (including phenoxy) is 1. The van der Waals surface area contributed by atoms with Crippen molar-refractivity contribution in [2.75, 3.05) is 39.8 Å². The zero-order valence-electron chi connectivity index (χ0n) is 12.9. The SMILES string of the molecule is CCOC(=O)N1CCN(C(=NC)NCc2ccco2)CC1.I. The van der Waals surface area contributed by atoms with Crippen LogP contribution in [0.1, 0.15) is 12.7 Å². The summed E-state index contributed by atoms with van der Waals surface area (Å²) in [5.74, 6) is 1.68. The molecule has 0 aromatic carbocycles. The molecule has 1 aromatic heterocycles. The first-order valence-electron chi connectivity index (χ1n) is 7.14. The average Bonchev–Trinajstić information content (AvgIpc) is 3.02. The first kappa shape index (κ1) is 18.6. The Bertz CT molecular complexity index is 470. The Morgan fingerprint density at radius 3 is 2.59 bits per heavy atom. The van der Waals surface area contributed by atoms with Crippen LogP contribution in [-0.2, 0) is 11.3 Å². The predicted octanol–water partition coefficient (Wildman–Crippen LogP) is 1.75. The van der Waals surface area contributed by atoms with Gasteiger partial charge in [-0.25, -0.2) is 4.79 Å². The molecule has 1 aliphatic rings. The van der Waals surface area contributed by atoms with Gasteiger partial charge in [0, 0.05) is 33.2 Å². The van der Waals surface area contributed by atoms with Gasteiger partial charge < -0.3 is 24.3 Å². The lowest BCUT2D eigenvalue weighted by Crippen LogP contribution is -2.53. The van der Waals surface area contributed by atoms with Crippen LogP contribution in [0.5, 0.6) is 0 Å². The summed E-state index contributed by atoms with van der Waals surface area (Å²) in [7, 11) is 1.75. The van der Waals surface area contributed by atoms with E-state index in [1.165, 1.54) is 0 Å². The molecule has 1 aliphatic heterocycles. The van der Waals surface area contributed by atoms with Crippen molar-refractivity contribution in [3.8, 4) is 0 Å². The third kappa shape index (κ3) is 5.08. The average molecular weight is 422 g/mol. The van der Waals surface area contributed by atoms with Crippen molar-refractivity contribution in [3.63, 3.8) is 0 Å². The molecule has 1 aromatic rings. The van der Waals surface area contributed by atoms with Crippen LogP contribution >= 0.6 is 24.0 Å². The summed E-state index contributed by atoms with van der Waals surface area (Å²) in [5, 5.41) is 3.26. The summed E-state index contributed by atoms with van der Waals surface area (Å²) >= 11 is 0. The van der Waals surface area contributed by atoms with Crippen molar-refractivity contribution in [3.05, 3.63) is 24.2 Å². The van der Waals surface area contributed by atoms with Gasteiger partial charge in [0.05, 0.1) is 19.4 Å². The molecule has 0 aliphatic carbocycles. The fourth-order valence-electron chi connectivity index (χ4n) is 2.23. The molecule has 2 heterocycles. The van der Waals surface area contributed by atoms with E-state index in [9.17, 15) is 4.79 Å². The highest BCUT2D eigenvalue weighted by Crippen LogP contribution is 2.05. The van der Waals surface area contributed by atoms with Crippen molar-refractivity contribution in [1.82, 2.24) is 15.1 Å². The minimum atomic E-state index is -0.240. The third-order valence-electron chi connectivity index (χ3n) is 3.32. The summed E-state index contributed by atoms with van der Waals surface area (Å²) in [6.45, 7) is 5.56. The smallest absolute Gasteiger partial charge is 0.409 e. The lowest BCUT2D eigenvalue weighted by molar-refractivity contribution is 0.0914. The summed E-state index contributed by atoms with van der Waals surface area (Å²) in [4.78, 5) is 19.8. The highest BCUT2D eigenvalue weighted by molar-refractivity contribution is 14.0. The minimum Gasteiger partial charge on any atom is -0.467 e. The molecule has 0 spiro atoms. The fourth-order valence-corrected chi connectivity index (χ4v) is 2.23. The molecule has 1 N–H and O–H groups in total. The van der Waals surface area contributed by atoms with Gasteiger partial charge in [-0.2, -0.15) is 0 Å². The normalized spacial score (nSPS) is 15.3. The van der Waals surface area contributed by atoms with Gasteiger partial charge in [0.15, 0.2) is 5.96 Å². The Morgan fingerprint density at radius 1 is 1.36 bits per heavy atom. The van der Waals surface area contributed by atoms with E-state index in [4.69, 9.17) is 9.15 Å². The number of carbonyl (C=O) groups excluding carboxylic acids is 1. The Kier molecular flexibility index (Phi) is 8.07. The van der Waals surface area contributed by atoms with Crippen molar-refractivity contribution < 1.29 is 13.9 Å². The third-order valence-corrected chi connectivity index (χ3v) is 3.32. The summed E-state index contributed by atoms with van der Waals surface area (Å²) < 4.78 is 10.3. The van der Waals surface area contributed by atoms with Gasteiger partial charge in [0.25, 0.3) is 0 Å². The van der Waals surface area contributed by atoms with Crippen LogP contribution in [0.4, 0.5) is 4.79 Å². The van der Waals surface area contributed by atoms with Crippen molar-refractivity contribution >= 4 is 36.0 Å². The van der Waals surface area contributed by atoms with E-state index in [1.807, 2.05) is 19.1 Å². The number of amides is 1. The van der Waals surface area contributed by atoms with E-state index in [0.717, 1.165) is 24.8 Å². The van der Waals surface area contributed by atoms with E-state index >= 15 is 0 Å². The number of piperazine rings is 1. The molecule has 1 saturated heterocycles. The van der Waals surface area contributed by atoms with Crippen LogP contribution in [0.15, 0.2) is 27.8 Å². The number of guanidine groups is 1. The van der Waals surface area contributed by atoms with Crippen LogP contribution < -0.4 is 5.32 Å². The Balaban J connectivity index is 0.00000242. The Labute approximate surface area is 147 Å². The Morgan fingerprint density at radius 2 is 2.05 bits per heavy atom. The van der Waals surface area contributed by atoms with Crippen LogP contribution in [0.2, 0.25) is 0 Å². The molecule has 0 unspecified atom stereocenters. The van der Waals surface area contributed by atoms with Gasteiger partial charge in [0.2, 0.25) is 0 Å². The van der Waals surface area contributed by atoms with E-state index in [0.29, 0.717) is 26.2 Å². The molecular formula is C14H23IN4O3. The van der Waals surface area contributed by atoms with Gasteiger partial charge >= 0.3 is 6.09 Å². The van der Waals surface area contributed by atoms with Crippen molar-refractivity contribution in [2.45, 2.75) is 13.5 Å². The van der Waals surface area contributed by atoms with Crippen LogP contribution in [-0.4, -0.2) is 61.7 Å². The molecule has 1 amide bonds. The van der Waals surface area contributed by atoms with E-state index in [1.54, 1.807) is 18.2 Å².